The van der Waals surface area contributed by atoms with Gasteiger partial charge in [-0.25, -0.2) is 4.39 Å². The van der Waals surface area contributed by atoms with Crippen LogP contribution in [0.5, 0.6) is 0 Å². The summed E-state index contributed by atoms with van der Waals surface area (Å²) in [5.41, 5.74) is 6.87. The number of benzene rings is 1. The number of nitrogens with two attached hydrogens (primary N) is 1. The summed E-state index contributed by atoms with van der Waals surface area (Å²) in [5, 5.41) is 0. The van der Waals surface area contributed by atoms with E-state index >= 15 is 0 Å². The van der Waals surface area contributed by atoms with Crippen LogP contribution in [0.1, 0.15) is 18.5 Å². The van der Waals surface area contributed by atoms with E-state index in [-0.39, 0.29) is 11.9 Å². The van der Waals surface area contributed by atoms with Crippen molar-refractivity contribution in [3.63, 3.8) is 0 Å². The fourth-order valence-electron chi connectivity index (χ4n) is 2.58. The number of rotatable bonds is 3. The van der Waals surface area contributed by atoms with Gasteiger partial charge in [-0.3, -0.25) is 4.90 Å². The van der Waals surface area contributed by atoms with Crippen molar-refractivity contribution in [2.45, 2.75) is 19.0 Å². The summed E-state index contributed by atoms with van der Waals surface area (Å²) >= 11 is 3.19. The maximum Gasteiger partial charge on any atom is 0.137 e. The Morgan fingerprint density at radius 1 is 1.47 bits per heavy atom. The monoisotopic (exact) mass is 329 g/mol. The molecule has 1 aromatic rings. The molecule has 2 rings (SSSR count). The van der Waals surface area contributed by atoms with Crippen molar-refractivity contribution in [3.05, 3.63) is 34.1 Å². The third-order valence-corrected chi connectivity index (χ3v) is 4.63. The molecule has 19 heavy (non-hydrogen) atoms. The van der Waals surface area contributed by atoms with Gasteiger partial charge in [-0.05, 0) is 47.6 Å². The zero-order valence-corrected chi connectivity index (χ0v) is 13.0. The highest BCUT2D eigenvalue weighted by atomic mass is 79.9. The van der Waals surface area contributed by atoms with Crippen LogP contribution in [-0.2, 0) is 0 Å². The number of halogens is 2. The number of hydrogen-bond donors (Lipinski definition) is 1. The molecule has 0 bridgehead atoms. The van der Waals surface area contributed by atoms with Gasteiger partial charge in [0, 0.05) is 38.3 Å². The van der Waals surface area contributed by atoms with Crippen LogP contribution >= 0.6 is 15.9 Å². The van der Waals surface area contributed by atoms with E-state index < -0.39 is 0 Å². The molecule has 2 N–H and O–H groups in total. The van der Waals surface area contributed by atoms with E-state index in [4.69, 9.17) is 5.73 Å². The highest BCUT2D eigenvalue weighted by Gasteiger charge is 2.27. The molecule has 0 spiro atoms. The van der Waals surface area contributed by atoms with E-state index in [9.17, 15) is 4.39 Å². The molecule has 1 aliphatic heterocycles. The first-order valence-electron chi connectivity index (χ1n) is 6.62. The normalized spacial score (nSPS) is 23.5. The van der Waals surface area contributed by atoms with Crippen LogP contribution in [0.25, 0.3) is 0 Å². The zero-order valence-electron chi connectivity index (χ0n) is 11.4. The Balaban J connectivity index is 2.17. The number of piperazine rings is 1. The Labute approximate surface area is 122 Å². The minimum absolute atomic E-state index is 0.0961. The quantitative estimate of drug-likeness (QED) is 0.922. The topological polar surface area (TPSA) is 32.5 Å². The largest absolute Gasteiger partial charge is 0.329 e. The molecule has 1 fully saturated rings. The lowest BCUT2D eigenvalue weighted by Crippen LogP contribution is -2.52. The lowest BCUT2D eigenvalue weighted by Gasteiger charge is -2.41. The molecule has 0 aromatic heterocycles. The van der Waals surface area contributed by atoms with Crippen LogP contribution in [0.3, 0.4) is 0 Å². The Kier molecular flexibility index (Phi) is 4.95. The van der Waals surface area contributed by atoms with E-state index in [1.807, 2.05) is 6.07 Å². The maximum absolute atomic E-state index is 13.7. The molecular formula is C14H21BrFN3. The van der Waals surface area contributed by atoms with Gasteiger partial charge >= 0.3 is 0 Å². The van der Waals surface area contributed by atoms with Crippen molar-refractivity contribution in [2.75, 3.05) is 33.2 Å². The maximum atomic E-state index is 13.7. The summed E-state index contributed by atoms with van der Waals surface area (Å²) in [4.78, 5) is 4.69. The van der Waals surface area contributed by atoms with Gasteiger partial charge in [-0.1, -0.05) is 6.07 Å². The fraction of sp³-hybridized carbons (Fsp3) is 0.571. The third-order valence-electron chi connectivity index (χ3n) is 3.98. The first-order chi connectivity index (χ1) is 9.02. The predicted molar refractivity (Wildman–Crippen MR) is 79.6 cm³/mol. The van der Waals surface area contributed by atoms with Crippen molar-refractivity contribution < 1.29 is 4.39 Å². The van der Waals surface area contributed by atoms with Crippen LogP contribution in [-0.4, -0.2) is 49.1 Å². The van der Waals surface area contributed by atoms with Crippen molar-refractivity contribution in [3.8, 4) is 0 Å². The lowest BCUT2D eigenvalue weighted by molar-refractivity contribution is 0.0740. The molecule has 1 aliphatic rings. The second-order valence-corrected chi connectivity index (χ2v) is 6.10. The summed E-state index contributed by atoms with van der Waals surface area (Å²) in [7, 11) is 2.14. The molecule has 1 heterocycles. The summed E-state index contributed by atoms with van der Waals surface area (Å²) < 4.78 is 14.2. The van der Waals surface area contributed by atoms with Crippen LogP contribution in [0.15, 0.2) is 22.7 Å². The predicted octanol–water partition coefficient (Wildman–Crippen LogP) is 2.22. The van der Waals surface area contributed by atoms with E-state index in [1.54, 1.807) is 12.1 Å². The molecule has 5 heteroatoms. The van der Waals surface area contributed by atoms with Gasteiger partial charge in [0.05, 0.1) is 4.47 Å². The first-order valence-corrected chi connectivity index (χ1v) is 7.41. The first kappa shape index (κ1) is 14.9. The van der Waals surface area contributed by atoms with Gasteiger partial charge in [-0.15, -0.1) is 0 Å². The standard InChI is InChI=1S/C14H21BrFN3/c1-10-9-19(6-5-18(10)2)14(8-17)11-3-4-12(15)13(16)7-11/h3-4,7,10,14H,5-6,8-9,17H2,1-2H3. The third kappa shape index (κ3) is 3.34. The van der Waals surface area contributed by atoms with Crippen molar-refractivity contribution >= 4 is 15.9 Å². The average molecular weight is 330 g/mol. The highest BCUT2D eigenvalue weighted by Crippen LogP contribution is 2.26. The molecule has 0 saturated carbocycles. The molecule has 2 atom stereocenters. The molecule has 106 valence electrons. The average Bonchev–Trinajstić information content (AvgIpc) is 2.39. The molecule has 2 unspecified atom stereocenters. The summed E-state index contributed by atoms with van der Waals surface area (Å²) in [6.07, 6.45) is 0. The molecule has 0 radical (unpaired) electrons. The van der Waals surface area contributed by atoms with E-state index in [0.29, 0.717) is 17.1 Å². The van der Waals surface area contributed by atoms with Gasteiger partial charge in [-0.2, -0.15) is 0 Å². The number of hydrogen-bond acceptors (Lipinski definition) is 3. The number of nitrogens with zero attached hydrogens (tertiary/aromatic N) is 2. The summed E-state index contributed by atoms with van der Waals surface area (Å²) in [6.45, 7) is 5.69. The molecule has 3 nitrogen and oxygen atoms in total. The fourth-order valence-corrected chi connectivity index (χ4v) is 2.82. The van der Waals surface area contributed by atoms with E-state index in [0.717, 1.165) is 25.2 Å². The van der Waals surface area contributed by atoms with Crippen molar-refractivity contribution in [1.82, 2.24) is 9.80 Å². The number of likely N-dealkylation sites (N-methyl/N-ethyl adjacent to an activating group) is 1. The molecule has 0 aliphatic carbocycles. The van der Waals surface area contributed by atoms with Gasteiger partial charge in [0.2, 0.25) is 0 Å². The van der Waals surface area contributed by atoms with E-state index in [2.05, 4.69) is 39.7 Å². The van der Waals surface area contributed by atoms with Crippen molar-refractivity contribution in [1.29, 1.82) is 0 Å². The van der Waals surface area contributed by atoms with Gasteiger partial charge in [0.1, 0.15) is 5.82 Å². The summed E-state index contributed by atoms with van der Waals surface area (Å²) in [5.74, 6) is -0.224. The van der Waals surface area contributed by atoms with Crippen LogP contribution < -0.4 is 5.73 Å². The molecule has 1 aromatic carbocycles. The lowest BCUT2D eigenvalue weighted by atomic mass is 10.0. The summed E-state index contributed by atoms with van der Waals surface area (Å²) in [6, 6.07) is 5.90. The second-order valence-electron chi connectivity index (χ2n) is 5.25. The smallest absolute Gasteiger partial charge is 0.137 e. The van der Waals surface area contributed by atoms with Gasteiger partial charge in [0.25, 0.3) is 0 Å². The Morgan fingerprint density at radius 3 is 2.79 bits per heavy atom. The van der Waals surface area contributed by atoms with Gasteiger partial charge in [0.15, 0.2) is 0 Å². The Hall–Kier alpha value is -0.490. The SMILES string of the molecule is CC1CN(C(CN)c2ccc(Br)c(F)c2)CCN1C. The van der Waals surface area contributed by atoms with Crippen LogP contribution in [0.4, 0.5) is 4.39 Å². The zero-order chi connectivity index (χ0) is 14.0. The van der Waals surface area contributed by atoms with Gasteiger partial charge < -0.3 is 10.6 Å². The highest BCUT2D eigenvalue weighted by molar-refractivity contribution is 9.10. The van der Waals surface area contributed by atoms with Crippen LogP contribution in [0, 0.1) is 5.82 Å². The van der Waals surface area contributed by atoms with E-state index in [1.165, 1.54) is 0 Å². The van der Waals surface area contributed by atoms with Crippen molar-refractivity contribution in [2.24, 2.45) is 5.73 Å². The Morgan fingerprint density at radius 2 is 2.21 bits per heavy atom. The Bertz CT molecular complexity index is 441. The van der Waals surface area contributed by atoms with Crippen LogP contribution in [0.2, 0.25) is 0 Å². The molecule has 0 amide bonds. The minimum Gasteiger partial charge on any atom is -0.329 e. The molecule has 1 saturated heterocycles. The molecular weight excluding hydrogens is 309 g/mol. The minimum atomic E-state index is -0.224. The second kappa shape index (κ2) is 6.31.